The number of pyridine rings is 2. The van der Waals surface area contributed by atoms with E-state index in [1.54, 1.807) is 25.3 Å². The molecule has 0 fully saturated rings. The number of aromatic nitrogens is 3. The Labute approximate surface area is 195 Å². The number of benzene rings is 3. The van der Waals surface area contributed by atoms with Gasteiger partial charge in [0.15, 0.2) is 0 Å². The maximum atomic E-state index is 10.2. The summed E-state index contributed by atoms with van der Waals surface area (Å²) >= 11 is 0. The normalized spacial score (nSPS) is 11.4. The second kappa shape index (κ2) is 7.78. The van der Waals surface area contributed by atoms with Gasteiger partial charge in [0.05, 0.1) is 18.1 Å². The summed E-state index contributed by atoms with van der Waals surface area (Å²) in [5.74, 6) is 2.50. The average molecular weight is 447 g/mol. The van der Waals surface area contributed by atoms with Gasteiger partial charge in [-0.3, -0.25) is 4.57 Å². The van der Waals surface area contributed by atoms with Crippen LogP contribution in [0.4, 0.5) is 0 Å². The number of fused-ring (bicyclic) bond motifs is 4. The summed E-state index contributed by atoms with van der Waals surface area (Å²) in [6.07, 6.45) is 0. The highest BCUT2D eigenvalue weighted by Gasteiger charge is 2.15. The smallest absolute Gasteiger partial charge is 0.219 e. The van der Waals surface area contributed by atoms with E-state index in [9.17, 15) is 5.11 Å². The Morgan fingerprint density at radius 2 is 1.62 bits per heavy atom. The third-order valence-electron chi connectivity index (χ3n) is 5.91. The molecule has 0 aliphatic rings. The van der Waals surface area contributed by atoms with Crippen molar-refractivity contribution in [1.82, 2.24) is 14.5 Å². The summed E-state index contributed by atoms with van der Waals surface area (Å²) < 4.78 is 13.7. The molecule has 3 aromatic carbocycles. The number of aryl methyl sites for hydroxylation is 1. The van der Waals surface area contributed by atoms with Crippen LogP contribution in [0.15, 0.2) is 84.9 Å². The first-order valence-corrected chi connectivity index (χ1v) is 10.9. The summed E-state index contributed by atoms with van der Waals surface area (Å²) in [6, 6.07) is 27.2. The van der Waals surface area contributed by atoms with Crippen molar-refractivity contribution in [3.05, 3.63) is 90.5 Å². The highest BCUT2D eigenvalue weighted by Crippen LogP contribution is 2.35. The summed E-state index contributed by atoms with van der Waals surface area (Å²) in [4.78, 5) is 9.21. The van der Waals surface area contributed by atoms with E-state index >= 15 is 0 Å². The summed E-state index contributed by atoms with van der Waals surface area (Å²) in [6.45, 7) is 2.02. The van der Waals surface area contributed by atoms with Crippen LogP contribution in [0.1, 0.15) is 5.56 Å². The quantitative estimate of drug-likeness (QED) is 0.332. The molecular weight excluding hydrogens is 426 g/mol. The fourth-order valence-corrected chi connectivity index (χ4v) is 4.39. The SMILES string of the molecule is COc1cc(C)cc(-n2c3ccccc3c3ccc(Oc4ccc5cccc(O)c5n4)cc32)n1. The number of methoxy groups -OCH3 is 1. The summed E-state index contributed by atoms with van der Waals surface area (Å²) in [7, 11) is 1.62. The highest BCUT2D eigenvalue weighted by molar-refractivity contribution is 6.09. The zero-order valence-corrected chi connectivity index (χ0v) is 18.7. The number of phenolic OH excluding ortho intramolecular Hbond substituents is 1. The Bertz CT molecular complexity index is 1700. The number of phenols is 1. The Kier molecular flexibility index (Phi) is 4.59. The van der Waals surface area contributed by atoms with Crippen LogP contribution in [-0.4, -0.2) is 26.8 Å². The topological polar surface area (TPSA) is 69.4 Å². The van der Waals surface area contributed by atoms with Gasteiger partial charge in [-0.2, -0.15) is 4.98 Å². The van der Waals surface area contributed by atoms with Gasteiger partial charge >= 0.3 is 0 Å². The third kappa shape index (κ3) is 3.28. The third-order valence-corrected chi connectivity index (χ3v) is 5.91. The van der Waals surface area contributed by atoms with E-state index in [1.807, 2.05) is 55.5 Å². The van der Waals surface area contributed by atoms with E-state index in [-0.39, 0.29) is 5.75 Å². The number of aromatic hydroxyl groups is 1. The van der Waals surface area contributed by atoms with Crippen LogP contribution in [0.25, 0.3) is 38.5 Å². The predicted molar refractivity (Wildman–Crippen MR) is 133 cm³/mol. The molecular formula is C28H21N3O3. The fourth-order valence-electron chi connectivity index (χ4n) is 4.39. The zero-order chi connectivity index (χ0) is 23.2. The van der Waals surface area contributed by atoms with Gasteiger partial charge in [-0.15, -0.1) is 0 Å². The number of para-hydroxylation sites is 2. The molecule has 0 saturated carbocycles. The summed E-state index contributed by atoms with van der Waals surface area (Å²) in [5, 5.41) is 13.2. The van der Waals surface area contributed by atoms with Gasteiger partial charge in [0.1, 0.15) is 22.8 Å². The maximum Gasteiger partial charge on any atom is 0.219 e. The number of nitrogens with zero attached hydrogens (tertiary/aromatic N) is 3. The van der Waals surface area contributed by atoms with E-state index in [0.29, 0.717) is 23.0 Å². The molecule has 3 heterocycles. The molecule has 0 aliphatic heterocycles. The Balaban J connectivity index is 1.53. The summed E-state index contributed by atoms with van der Waals surface area (Å²) in [5.41, 5.74) is 3.57. The van der Waals surface area contributed by atoms with Gasteiger partial charge in [-0.1, -0.05) is 30.3 Å². The van der Waals surface area contributed by atoms with Crippen molar-refractivity contribution in [2.75, 3.05) is 7.11 Å². The molecule has 0 aliphatic carbocycles. The number of ether oxygens (including phenoxy) is 2. The zero-order valence-electron chi connectivity index (χ0n) is 18.7. The van der Waals surface area contributed by atoms with Gasteiger partial charge < -0.3 is 14.6 Å². The minimum atomic E-state index is 0.123. The van der Waals surface area contributed by atoms with Crippen LogP contribution < -0.4 is 9.47 Å². The van der Waals surface area contributed by atoms with E-state index in [2.05, 4.69) is 27.8 Å². The first-order valence-electron chi connectivity index (χ1n) is 10.9. The Hall–Kier alpha value is -4.58. The second-order valence-corrected chi connectivity index (χ2v) is 8.18. The van der Waals surface area contributed by atoms with Gasteiger partial charge in [0.25, 0.3) is 0 Å². The lowest BCUT2D eigenvalue weighted by Crippen LogP contribution is -2.00. The molecule has 6 rings (SSSR count). The maximum absolute atomic E-state index is 10.2. The number of hydrogen-bond donors (Lipinski definition) is 1. The van der Waals surface area contributed by atoms with Crippen LogP contribution in [0, 0.1) is 6.92 Å². The minimum Gasteiger partial charge on any atom is -0.506 e. The highest BCUT2D eigenvalue weighted by atomic mass is 16.5. The standard InChI is InChI=1S/C28H21N3O3/c1-17-14-25(29-27(15-17)33-2)31-22-8-4-3-7-20(22)21-12-11-19(16-23(21)31)34-26-13-10-18-6-5-9-24(32)28(18)30-26/h3-16,32H,1-2H3. The molecule has 166 valence electrons. The Morgan fingerprint density at radius 3 is 2.50 bits per heavy atom. The molecule has 34 heavy (non-hydrogen) atoms. The molecule has 0 radical (unpaired) electrons. The molecule has 0 atom stereocenters. The van der Waals surface area contributed by atoms with Crippen molar-refractivity contribution in [2.24, 2.45) is 0 Å². The van der Waals surface area contributed by atoms with E-state index in [1.165, 1.54) is 0 Å². The van der Waals surface area contributed by atoms with Crippen LogP contribution in [-0.2, 0) is 0 Å². The van der Waals surface area contributed by atoms with Crippen molar-refractivity contribution < 1.29 is 14.6 Å². The van der Waals surface area contributed by atoms with Crippen LogP contribution >= 0.6 is 0 Å². The van der Waals surface area contributed by atoms with Gasteiger partial charge in [0.2, 0.25) is 11.8 Å². The van der Waals surface area contributed by atoms with Crippen LogP contribution in [0.5, 0.6) is 23.3 Å². The molecule has 3 aromatic heterocycles. The Morgan fingerprint density at radius 1 is 0.765 bits per heavy atom. The van der Waals surface area contributed by atoms with Gasteiger partial charge in [-0.05, 0) is 48.9 Å². The lowest BCUT2D eigenvalue weighted by molar-refractivity contribution is 0.397. The fraction of sp³-hybridized carbons (Fsp3) is 0.0714. The lowest BCUT2D eigenvalue weighted by atomic mass is 10.1. The molecule has 6 heteroatoms. The van der Waals surface area contributed by atoms with Crippen molar-refractivity contribution in [3.63, 3.8) is 0 Å². The first-order chi connectivity index (χ1) is 16.6. The van der Waals surface area contributed by atoms with Crippen molar-refractivity contribution in [3.8, 4) is 29.1 Å². The van der Waals surface area contributed by atoms with Crippen LogP contribution in [0.3, 0.4) is 0 Å². The van der Waals surface area contributed by atoms with E-state index in [0.717, 1.165) is 38.6 Å². The predicted octanol–water partition coefficient (Wildman–Crippen LogP) is 6.54. The largest absolute Gasteiger partial charge is 0.506 e. The molecule has 0 bridgehead atoms. The molecule has 0 amide bonds. The monoisotopic (exact) mass is 447 g/mol. The first kappa shape index (κ1) is 20.1. The molecule has 0 saturated heterocycles. The van der Waals surface area contributed by atoms with Crippen molar-refractivity contribution in [2.45, 2.75) is 6.92 Å². The van der Waals surface area contributed by atoms with E-state index < -0.39 is 0 Å². The molecule has 6 nitrogen and oxygen atoms in total. The van der Waals surface area contributed by atoms with Gasteiger partial charge in [0, 0.05) is 34.4 Å². The average Bonchev–Trinajstić information content (AvgIpc) is 3.18. The number of hydrogen-bond acceptors (Lipinski definition) is 5. The van der Waals surface area contributed by atoms with Crippen LogP contribution in [0.2, 0.25) is 0 Å². The molecule has 0 unspecified atom stereocenters. The molecule has 6 aromatic rings. The van der Waals surface area contributed by atoms with E-state index in [4.69, 9.17) is 14.5 Å². The lowest BCUT2D eigenvalue weighted by Gasteiger charge is -2.11. The van der Waals surface area contributed by atoms with Crippen molar-refractivity contribution in [1.29, 1.82) is 0 Å². The van der Waals surface area contributed by atoms with Crippen molar-refractivity contribution >= 4 is 32.7 Å². The van der Waals surface area contributed by atoms with Gasteiger partial charge in [-0.25, -0.2) is 4.98 Å². The second-order valence-electron chi connectivity index (χ2n) is 8.18. The number of rotatable bonds is 4. The minimum absolute atomic E-state index is 0.123. The molecule has 1 N–H and O–H groups in total. The molecule has 0 spiro atoms.